The van der Waals surface area contributed by atoms with E-state index in [1.807, 2.05) is 13.0 Å². The number of halogens is 1. The molecular formula is C13H15FO. The molecule has 0 saturated heterocycles. The van der Waals surface area contributed by atoms with Crippen LogP contribution in [0.4, 0.5) is 4.39 Å². The number of aryl methyl sites for hydroxylation is 1. The van der Waals surface area contributed by atoms with Crippen LogP contribution in [0.15, 0.2) is 18.2 Å². The minimum Gasteiger partial charge on any atom is -0.300 e. The van der Waals surface area contributed by atoms with Gasteiger partial charge in [-0.3, -0.25) is 4.79 Å². The predicted octanol–water partition coefficient (Wildman–Crippen LogP) is 3.36. The van der Waals surface area contributed by atoms with Crippen molar-refractivity contribution in [1.29, 1.82) is 0 Å². The van der Waals surface area contributed by atoms with Crippen molar-refractivity contribution in [2.24, 2.45) is 0 Å². The normalized spacial score (nSPS) is 18.1. The molecule has 1 nitrogen and oxygen atoms in total. The van der Waals surface area contributed by atoms with Crippen LogP contribution in [0.3, 0.4) is 0 Å². The molecule has 0 amide bonds. The lowest BCUT2D eigenvalue weighted by Gasteiger charge is -2.22. The third-order valence-electron chi connectivity index (χ3n) is 3.21. The Morgan fingerprint density at radius 2 is 1.93 bits per heavy atom. The average Bonchev–Trinajstić information content (AvgIpc) is 2.20. The Labute approximate surface area is 89.3 Å². The summed E-state index contributed by atoms with van der Waals surface area (Å²) in [4.78, 5) is 11.1. The van der Waals surface area contributed by atoms with Gasteiger partial charge in [0.2, 0.25) is 0 Å². The highest BCUT2D eigenvalue weighted by molar-refractivity contribution is 5.79. The third kappa shape index (κ3) is 2.25. The van der Waals surface area contributed by atoms with Gasteiger partial charge in [-0.25, -0.2) is 4.39 Å². The molecule has 80 valence electrons. The second kappa shape index (κ2) is 4.13. The van der Waals surface area contributed by atoms with Gasteiger partial charge in [0.05, 0.1) is 0 Å². The Hall–Kier alpha value is -1.18. The number of carbonyl (C=O) groups is 1. The second-order valence-electron chi connectivity index (χ2n) is 4.31. The van der Waals surface area contributed by atoms with Crippen molar-refractivity contribution in [2.45, 2.75) is 38.5 Å². The molecule has 1 aromatic carbocycles. The van der Waals surface area contributed by atoms with E-state index in [0.717, 1.165) is 18.4 Å². The van der Waals surface area contributed by atoms with Crippen molar-refractivity contribution in [3.05, 3.63) is 35.1 Å². The molecule has 15 heavy (non-hydrogen) atoms. The van der Waals surface area contributed by atoms with Crippen molar-refractivity contribution in [3.63, 3.8) is 0 Å². The van der Waals surface area contributed by atoms with Gasteiger partial charge < -0.3 is 0 Å². The van der Waals surface area contributed by atoms with E-state index in [-0.39, 0.29) is 5.82 Å². The van der Waals surface area contributed by atoms with E-state index in [9.17, 15) is 9.18 Å². The van der Waals surface area contributed by atoms with Crippen LogP contribution in [0.1, 0.15) is 42.7 Å². The highest BCUT2D eigenvalue weighted by Gasteiger charge is 2.21. The Balaban J connectivity index is 2.19. The molecule has 2 rings (SSSR count). The van der Waals surface area contributed by atoms with Gasteiger partial charge in [0, 0.05) is 12.8 Å². The first kappa shape index (κ1) is 10.3. The van der Waals surface area contributed by atoms with Crippen molar-refractivity contribution in [1.82, 2.24) is 0 Å². The molecule has 0 aliphatic heterocycles. The number of benzene rings is 1. The molecule has 0 N–H and O–H groups in total. The number of ketones is 1. The minimum absolute atomic E-state index is 0.178. The number of hydrogen-bond acceptors (Lipinski definition) is 1. The summed E-state index contributed by atoms with van der Waals surface area (Å²) in [6.07, 6.45) is 3.21. The van der Waals surface area contributed by atoms with E-state index in [0.29, 0.717) is 24.5 Å². The van der Waals surface area contributed by atoms with Gasteiger partial charge in [0.1, 0.15) is 11.6 Å². The molecule has 1 aromatic rings. The van der Waals surface area contributed by atoms with Gasteiger partial charge in [0.25, 0.3) is 0 Å². The van der Waals surface area contributed by atoms with Crippen molar-refractivity contribution < 1.29 is 9.18 Å². The van der Waals surface area contributed by atoms with Crippen LogP contribution >= 0.6 is 0 Å². The maximum Gasteiger partial charge on any atom is 0.132 e. The Morgan fingerprint density at radius 1 is 1.27 bits per heavy atom. The van der Waals surface area contributed by atoms with Gasteiger partial charge in [-0.05, 0) is 48.9 Å². The molecule has 0 spiro atoms. The highest BCUT2D eigenvalue weighted by Crippen LogP contribution is 2.33. The van der Waals surface area contributed by atoms with E-state index in [1.54, 1.807) is 6.07 Å². The highest BCUT2D eigenvalue weighted by atomic mass is 19.1. The van der Waals surface area contributed by atoms with Crippen LogP contribution in [0.25, 0.3) is 0 Å². The number of rotatable bonds is 1. The van der Waals surface area contributed by atoms with Gasteiger partial charge in [-0.15, -0.1) is 0 Å². The van der Waals surface area contributed by atoms with Crippen LogP contribution in [0.5, 0.6) is 0 Å². The summed E-state index contributed by atoms with van der Waals surface area (Å²) in [6.45, 7) is 1.94. The molecule has 1 saturated carbocycles. The van der Waals surface area contributed by atoms with E-state index < -0.39 is 0 Å². The molecule has 0 unspecified atom stereocenters. The van der Waals surface area contributed by atoms with E-state index in [1.165, 1.54) is 11.6 Å². The summed E-state index contributed by atoms with van der Waals surface area (Å²) in [5, 5.41) is 0. The minimum atomic E-state index is -0.178. The molecule has 2 heteroatoms. The molecule has 1 aliphatic carbocycles. The largest absolute Gasteiger partial charge is 0.300 e. The Morgan fingerprint density at radius 3 is 2.53 bits per heavy atom. The van der Waals surface area contributed by atoms with Crippen LogP contribution < -0.4 is 0 Å². The fourth-order valence-corrected chi connectivity index (χ4v) is 2.35. The maximum atomic E-state index is 12.9. The zero-order chi connectivity index (χ0) is 10.8. The van der Waals surface area contributed by atoms with Crippen LogP contribution in [0, 0.1) is 12.7 Å². The zero-order valence-electron chi connectivity index (χ0n) is 8.92. The summed E-state index contributed by atoms with van der Waals surface area (Å²) < 4.78 is 12.9. The molecule has 0 bridgehead atoms. The predicted molar refractivity (Wildman–Crippen MR) is 57.4 cm³/mol. The number of hydrogen-bond donors (Lipinski definition) is 0. The molecular weight excluding hydrogens is 191 g/mol. The van der Waals surface area contributed by atoms with Gasteiger partial charge in [-0.1, -0.05) is 6.07 Å². The SMILES string of the molecule is Cc1cc(F)ccc1C1CCC(=O)CC1. The molecule has 1 aliphatic rings. The van der Waals surface area contributed by atoms with E-state index >= 15 is 0 Å². The fraction of sp³-hybridized carbons (Fsp3) is 0.462. The molecule has 0 heterocycles. The van der Waals surface area contributed by atoms with E-state index in [4.69, 9.17) is 0 Å². The van der Waals surface area contributed by atoms with E-state index in [2.05, 4.69) is 0 Å². The molecule has 0 radical (unpaired) electrons. The summed E-state index contributed by atoms with van der Waals surface area (Å²) in [7, 11) is 0. The van der Waals surface area contributed by atoms with Crippen molar-refractivity contribution in [3.8, 4) is 0 Å². The molecule has 0 atom stereocenters. The molecule has 0 aromatic heterocycles. The maximum absolute atomic E-state index is 12.9. The third-order valence-corrected chi connectivity index (χ3v) is 3.21. The Bertz CT molecular complexity index is 374. The standard InChI is InChI=1S/C13H15FO/c1-9-8-11(14)4-7-13(9)10-2-5-12(15)6-3-10/h4,7-8,10H,2-3,5-6H2,1H3. The average molecular weight is 206 g/mol. The Kier molecular flexibility index (Phi) is 2.85. The summed E-state index contributed by atoms with van der Waals surface area (Å²) in [5.41, 5.74) is 2.22. The quantitative estimate of drug-likeness (QED) is 0.688. The lowest BCUT2D eigenvalue weighted by Crippen LogP contribution is -2.13. The smallest absolute Gasteiger partial charge is 0.132 e. The monoisotopic (exact) mass is 206 g/mol. The fourth-order valence-electron chi connectivity index (χ4n) is 2.35. The lowest BCUT2D eigenvalue weighted by atomic mass is 9.82. The van der Waals surface area contributed by atoms with Crippen LogP contribution in [0.2, 0.25) is 0 Å². The number of carbonyl (C=O) groups excluding carboxylic acids is 1. The van der Waals surface area contributed by atoms with Crippen LogP contribution in [-0.2, 0) is 4.79 Å². The first-order valence-corrected chi connectivity index (χ1v) is 5.44. The van der Waals surface area contributed by atoms with Crippen LogP contribution in [-0.4, -0.2) is 5.78 Å². The van der Waals surface area contributed by atoms with Gasteiger partial charge in [0.15, 0.2) is 0 Å². The van der Waals surface area contributed by atoms with Crippen molar-refractivity contribution >= 4 is 5.78 Å². The number of Topliss-reactive ketones (excluding diaryl/α,β-unsaturated/α-hetero) is 1. The summed E-state index contributed by atoms with van der Waals surface area (Å²) >= 11 is 0. The summed E-state index contributed by atoms with van der Waals surface area (Å²) in [6, 6.07) is 4.95. The first-order valence-electron chi connectivity index (χ1n) is 5.44. The van der Waals surface area contributed by atoms with Gasteiger partial charge >= 0.3 is 0 Å². The van der Waals surface area contributed by atoms with Crippen molar-refractivity contribution in [2.75, 3.05) is 0 Å². The summed E-state index contributed by atoms with van der Waals surface area (Å²) in [5.74, 6) is 0.637. The first-order chi connectivity index (χ1) is 7.16. The lowest BCUT2D eigenvalue weighted by molar-refractivity contribution is -0.120. The second-order valence-corrected chi connectivity index (χ2v) is 4.31. The van der Waals surface area contributed by atoms with Gasteiger partial charge in [-0.2, -0.15) is 0 Å². The molecule has 1 fully saturated rings. The zero-order valence-corrected chi connectivity index (χ0v) is 8.92. The topological polar surface area (TPSA) is 17.1 Å².